The van der Waals surface area contributed by atoms with Crippen LogP contribution in [0.15, 0.2) is 24.3 Å². The number of carbonyl (C=O) groups is 1. The second-order valence-electron chi connectivity index (χ2n) is 4.85. The van der Waals surface area contributed by atoms with Crippen LogP contribution in [0.2, 0.25) is 0 Å². The van der Waals surface area contributed by atoms with Gasteiger partial charge < -0.3 is 15.0 Å². The molecule has 4 heteroatoms. The van der Waals surface area contributed by atoms with E-state index < -0.39 is 0 Å². The highest BCUT2D eigenvalue weighted by Gasteiger charge is 2.32. The maximum Gasteiger partial charge on any atom is 0.244 e. The van der Waals surface area contributed by atoms with Gasteiger partial charge >= 0.3 is 0 Å². The Bertz CT molecular complexity index is 414. The quantitative estimate of drug-likeness (QED) is 0.883. The first kappa shape index (κ1) is 12.9. The summed E-state index contributed by atoms with van der Waals surface area (Å²) < 4.78 is 5.12. The smallest absolute Gasteiger partial charge is 0.244 e. The van der Waals surface area contributed by atoms with Crippen LogP contribution >= 0.6 is 0 Å². The van der Waals surface area contributed by atoms with Crippen molar-refractivity contribution in [3.05, 3.63) is 24.3 Å². The summed E-state index contributed by atoms with van der Waals surface area (Å²) in [5.74, 6) is 0.969. The van der Waals surface area contributed by atoms with E-state index in [0.717, 1.165) is 24.4 Å². The first-order chi connectivity index (χ1) is 8.61. The fourth-order valence-electron chi connectivity index (χ4n) is 2.26. The lowest BCUT2D eigenvalue weighted by Crippen LogP contribution is -2.41. The Labute approximate surface area is 108 Å². The average Bonchev–Trinajstić information content (AvgIpc) is 2.71. The lowest BCUT2D eigenvalue weighted by molar-refractivity contribution is -0.118. The first-order valence-corrected chi connectivity index (χ1v) is 6.33. The van der Waals surface area contributed by atoms with E-state index in [1.807, 2.05) is 29.2 Å². The van der Waals surface area contributed by atoms with Crippen LogP contribution in [0.25, 0.3) is 0 Å². The molecule has 1 aliphatic rings. The lowest BCUT2D eigenvalue weighted by Gasteiger charge is -2.18. The van der Waals surface area contributed by atoms with Gasteiger partial charge in [-0.2, -0.15) is 0 Å². The maximum atomic E-state index is 12.2. The Morgan fingerprint density at radius 1 is 1.33 bits per heavy atom. The van der Waals surface area contributed by atoms with Gasteiger partial charge in [-0.25, -0.2) is 0 Å². The molecule has 0 spiro atoms. The average molecular weight is 248 g/mol. The van der Waals surface area contributed by atoms with E-state index in [4.69, 9.17) is 4.74 Å². The number of nitrogens with one attached hydrogen (secondary N) is 1. The molecule has 1 atom stereocenters. The van der Waals surface area contributed by atoms with E-state index in [1.54, 1.807) is 7.11 Å². The van der Waals surface area contributed by atoms with E-state index >= 15 is 0 Å². The number of carbonyl (C=O) groups excluding carboxylic acids is 1. The zero-order valence-corrected chi connectivity index (χ0v) is 11.1. The second-order valence-corrected chi connectivity index (χ2v) is 4.85. The minimum absolute atomic E-state index is 0.0490. The molecule has 2 rings (SSSR count). The molecule has 1 heterocycles. The van der Waals surface area contributed by atoms with Gasteiger partial charge in [-0.15, -0.1) is 0 Å². The number of hydrogen-bond donors (Lipinski definition) is 1. The van der Waals surface area contributed by atoms with Crippen molar-refractivity contribution in [2.75, 3.05) is 18.6 Å². The number of rotatable bonds is 4. The molecule has 0 aromatic heterocycles. The molecule has 0 saturated carbocycles. The van der Waals surface area contributed by atoms with Gasteiger partial charge in [0.1, 0.15) is 5.75 Å². The van der Waals surface area contributed by atoms with Crippen molar-refractivity contribution in [2.45, 2.75) is 32.4 Å². The standard InChI is InChI=1S/C14H20N2O2/c1-10(2)15-13-8-9-16(14(13)17)11-4-6-12(18-3)7-5-11/h4-7,10,13,15H,8-9H2,1-3H3. The van der Waals surface area contributed by atoms with E-state index in [1.165, 1.54) is 0 Å². The predicted molar refractivity (Wildman–Crippen MR) is 72.0 cm³/mol. The molecule has 1 aliphatic heterocycles. The Morgan fingerprint density at radius 2 is 2.00 bits per heavy atom. The summed E-state index contributed by atoms with van der Waals surface area (Å²) in [6, 6.07) is 7.89. The van der Waals surface area contributed by atoms with Crippen LogP contribution in [0.3, 0.4) is 0 Å². The van der Waals surface area contributed by atoms with Crippen molar-refractivity contribution in [1.29, 1.82) is 0 Å². The Morgan fingerprint density at radius 3 is 2.56 bits per heavy atom. The molecular formula is C14H20N2O2. The molecule has 0 bridgehead atoms. The summed E-state index contributed by atoms with van der Waals surface area (Å²) in [4.78, 5) is 14.1. The van der Waals surface area contributed by atoms with Crippen LogP contribution in [0, 0.1) is 0 Å². The molecule has 1 unspecified atom stereocenters. The summed E-state index contributed by atoms with van der Waals surface area (Å²) in [5, 5.41) is 3.30. The van der Waals surface area contributed by atoms with E-state index in [2.05, 4.69) is 19.2 Å². The molecule has 1 saturated heterocycles. The van der Waals surface area contributed by atoms with E-state index in [9.17, 15) is 4.79 Å². The molecule has 1 amide bonds. The predicted octanol–water partition coefficient (Wildman–Crippen LogP) is 1.80. The van der Waals surface area contributed by atoms with Crippen molar-refractivity contribution in [1.82, 2.24) is 5.32 Å². The fraction of sp³-hybridized carbons (Fsp3) is 0.500. The van der Waals surface area contributed by atoms with Crippen molar-refractivity contribution in [3.8, 4) is 5.75 Å². The number of amides is 1. The zero-order chi connectivity index (χ0) is 13.1. The minimum atomic E-state index is -0.0490. The molecule has 0 radical (unpaired) electrons. The van der Waals surface area contributed by atoms with Crippen molar-refractivity contribution in [3.63, 3.8) is 0 Å². The summed E-state index contributed by atoms with van der Waals surface area (Å²) >= 11 is 0. The number of anilines is 1. The van der Waals surface area contributed by atoms with Gasteiger partial charge in [-0.3, -0.25) is 4.79 Å². The molecule has 1 N–H and O–H groups in total. The summed E-state index contributed by atoms with van der Waals surface area (Å²) in [6.45, 7) is 4.89. The van der Waals surface area contributed by atoms with Crippen molar-refractivity contribution in [2.24, 2.45) is 0 Å². The topological polar surface area (TPSA) is 41.6 Å². The molecule has 0 aliphatic carbocycles. The van der Waals surface area contributed by atoms with Crippen LogP contribution in [0.1, 0.15) is 20.3 Å². The van der Waals surface area contributed by atoms with Crippen LogP contribution in [-0.4, -0.2) is 31.6 Å². The van der Waals surface area contributed by atoms with E-state index in [-0.39, 0.29) is 11.9 Å². The molecule has 18 heavy (non-hydrogen) atoms. The highest BCUT2D eigenvalue weighted by Crippen LogP contribution is 2.24. The van der Waals surface area contributed by atoms with Gasteiger partial charge in [0.2, 0.25) is 5.91 Å². The monoisotopic (exact) mass is 248 g/mol. The minimum Gasteiger partial charge on any atom is -0.497 e. The van der Waals surface area contributed by atoms with Gasteiger partial charge in [0.05, 0.1) is 13.2 Å². The molecule has 4 nitrogen and oxygen atoms in total. The molecule has 1 aromatic rings. The summed E-state index contributed by atoms with van der Waals surface area (Å²) in [7, 11) is 1.64. The maximum absolute atomic E-state index is 12.2. The third kappa shape index (κ3) is 2.64. The number of ether oxygens (including phenoxy) is 1. The van der Waals surface area contributed by atoms with Crippen molar-refractivity contribution < 1.29 is 9.53 Å². The highest BCUT2D eigenvalue weighted by atomic mass is 16.5. The Hall–Kier alpha value is -1.55. The van der Waals surface area contributed by atoms with E-state index in [0.29, 0.717) is 6.04 Å². The molecule has 1 aromatic carbocycles. The Balaban J connectivity index is 2.08. The summed E-state index contributed by atoms with van der Waals surface area (Å²) in [5.41, 5.74) is 0.939. The van der Waals surface area contributed by atoms with Crippen LogP contribution < -0.4 is 15.0 Å². The molecule has 98 valence electrons. The number of benzene rings is 1. The third-order valence-electron chi connectivity index (χ3n) is 3.12. The third-order valence-corrected chi connectivity index (χ3v) is 3.12. The second kappa shape index (κ2) is 5.40. The van der Waals surface area contributed by atoms with Gasteiger partial charge in [-0.05, 0) is 30.7 Å². The first-order valence-electron chi connectivity index (χ1n) is 6.33. The molecular weight excluding hydrogens is 228 g/mol. The van der Waals surface area contributed by atoms with Crippen molar-refractivity contribution >= 4 is 11.6 Å². The van der Waals surface area contributed by atoms with Crippen LogP contribution in [0.5, 0.6) is 5.75 Å². The largest absolute Gasteiger partial charge is 0.497 e. The van der Waals surface area contributed by atoms with Gasteiger partial charge in [0.15, 0.2) is 0 Å². The SMILES string of the molecule is COc1ccc(N2CCC(NC(C)C)C2=O)cc1. The van der Waals surface area contributed by atoms with Gasteiger partial charge in [0, 0.05) is 18.3 Å². The molecule has 1 fully saturated rings. The van der Waals surface area contributed by atoms with Crippen LogP contribution in [-0.2, 0) is 4.79 Å². The Kier molecular flexibility index (Phi) is 3.87. The van der Waals surface area contributed by atoms with Crippen LogP contribution in [0.4, 0.5) is 5.69 Å². The lowest BCUT2D eigenvalue weighted by atomic mass is 10.2. The van der Waals surface area contributed by atoms with Gasteiger partial charge in [-0.1, -0.05) is 13.8 Å². The number of methoxy groups -OCH3 is 1. The highest BCUT2D eigenvalue weighted by molar-refractivity contribution is 5.99. The normalized spacial score (nSPS) is 19.7. The number of hydrogen-bond acceptors (Lipinski definition) is 3. The number of nitrogens with zero attached hydrogens (tertiary/aromatic N) is 1. The zero-order valence-electron chi connectivity index (χ0n) is 11.1. The van der Waals surface area contributed by atoms with Gasteiger partial charge in [0.25, 0.3) is 0 Å². The fourth-order valence-corrected chi connectivity index (χ4v) is 2.26. The summed E-state index contributed by atoms with van der Waals surface area (Å²) in [6.07, 6.45) is 0.864.